The number of hydrogen-bond acceptors (Lipinski definition) is 21. The minimum atomic E-state index is -8.17. The fourth-order valence-electron chi connectivity index (χ4n) is 11.3. The van der Waals surface area contributed by atoms with Crippen molar-refractivity contribution < 1.29 is 157 Å². The van der Waals surface area contributed by atoms with Crippen molar-refractivity contribution in [2.75, 3.05) is 85.8 Å². The highest BCUT2D eigenvalue weighted by Gasteiger charge is 2.90. The number of halogens is 13. The molecule has 2 aliphatic rings. The van der Waals surface area contributed by atoms with Gasteiger partial charge in [0, 0.05) is 68.1 Å². The lowest BCUT2D eigenvalue weighted by molar-refractivity contribution is -0.440. The topological polar surface area (TPSA) is 320 Å². The predicted molar refractivity (Wildman–Crippen MR) is 324 cm³/mol. The molecule has 5 atom stereocenters. The van der Waals surface area contributed by atoms with Gasteiger partial charge in [-0.05, 0) is 60.2 Å². The van der Waals surface area contributed by atoms with E-state index in [0.717, 1.165) is 36.5 Å². The molecular formula is C63H83F13N4O21. The highest BCUT2D eigenvalue weighted by atomic mass is 19.4. The molecule has 0 radical (unpaired) electrons. The van der Waals surface area contributed by atoms with Crippen molar-refractivity contribution in [2.45, 2.75) is 140 Å². The number of alkyl carbamates (subject to hydrolysis) is 4. The molecule has 25 nitrogen and oxygen atoms in total. The van der Waals surface area contributed by atoms with Gasteiger partial charge in [0.2, 0.25) is 0 Å². The SMILES string of the molecule is C=CC(=O)OCC(COC(=O)C=C)(COC(=O)C=C)COC(=O)NCC1(C)CC(NC(=O)OCC(COCCC(F)(F)C(F)(F)C(F)(F)C(F)(F)C(F)(F)C(F)(F)F)OC(=O)NC2CC(C)(C)CC(C)(CNC(=O)OCC(COC(=O)C=C)(COC(=O)C=C)COC(=O)C=C)C2)CC(C)(C)C1. The zero-order valence-corrected chi connectivity index (χ0v) is 56.1. The van der Waals surface area contributed by atoms with E-state index in [9.17, 15) is 105 Å². The molecule has 0 bridgehead atoms. The number of rotatable bonds is 40. The van der Waals surface area contributed by atoms with Crippen LogP contribution in [-0.4, -0.2) is 200 Å². The van der Waals surface area contributed by atoms with E-state index in [4.69, 9.17) is 52.1 Å². The number of alkyl halides is 13. The molecule has 0 aliphatic heterocycles. The van der Waals surface area contributed by atoms with E-state index in [1.165, 1.54) is 0 Å². The van der Waals surface area contributed by atoms with Crippen LogP contribution in [0.25, 0.3) is 0 Å². The Labute approximate surface area is 571 Å². The molecule has 4 amide bonds. The fraction of sp³-hybridized carbons (Fsp3) is 0.651. The zero-order valence-electron chi connectivity index (χ0n) is 56.1. The van der Waals surface area contributed by atoms with E-state index in [2.05, 4.69) is 60.7 Å². The summed E-state index contributed by atoms with van der Waals surface area (Å²) in [6, 6.07) is -1.75. The average Bonchev–Trinajstić information content (AvgIpc) is 0.712. The van der Waals surface area contributed by atoms with Gasteiger partial charge in [0.15, 0.2) is 6.10 Å². The molecule has 0 aromatic rings. The van der Waals surface area contributed by atoms with Gasteiger partial charge in [-0.15, -0.1) is 0 Å². The van der Waals surface area contributed by atoms with Crippen molar-refractivity contribution in [3.8, 4) is 0 Å². The van der Waals surface area contributed by atoms with E-state index in [1.807, 2.05) is 0 Å². The van der Waals surface area contributed by atoms with E-state index < -0.39 is 226 Å². The van der Waals surface area contributed by atoms with Crippen molar-refractivity contribution in [1.29, 1.82) is 0 Å². The number of hydrogen-bond donors (Lipinski definition) is 4. The molecule has 2 saturated carbocycles. The summed E-state index contributed by atoms with van der Waals surface area (Å²) >= 11 is 0. The molecule has 0 heterocycles. The van der Waals surface area contributed by atoms with Crippen LogP contribution in [0.5, 0.6) is 0 Å². The number of carbonyl (C=O) groups is 10. The number of ether oxygens (including phenoxy) is 11. The maximum Gasteiger partial charge on any atom is 0.460 e. The number of nitrogens with one attached hydrogen (secondary N) is 4. The van der Waals surface area contributed by atoms with Crippen LogP contribution in [-0.2, 0) is 80.9 Å². The monoisotopic (exact) mass is 1480 g/mol. The van der Waals surface area contributed by atoms with E-state index in [0.29, 0.717) is 12.8 Å². The molecule has 0 spiro atoms. The smallest absolute Gasteiger partial charge is 0.460 e. The van der Waals surface area contributed by atoms with Gasteiger partial charge in [-0.2, -0.15) is 57.1 Å². The molecule has 101 heavy (non-hydrogen) atoms. The predicted octanol–water partition coefficient (Wildman–Crippen LogP) is 9.92. The molecule has 0 saturated heterocycles. The molecule has 5 unspecified atom stereocenters. The van der Waals surface area contributed by atoms with Gasteiger partial charge in [-0.3, -0.25) is 0 Å². The van der Waals surface area contributed by atoms with Crippen molar-refractivity contribution in [3.05, 3.63) is 75.9 Å². The normalized spacial score (nSPS) is 19.6. The Balaban J connectivity index is 2.42. The summed E-state index contributed by atoms with van der Waals surface area (Å²) in [6.45, 7) is 19.9. The second kappa shape index (κ2) is 36.3. The van der Waals surface area contributed by atoms with Crippen LogP contribution >= 0.6 is 0 Å². The Hall–Kier alpha value is -8.61. The van der Waals surface area contributed by atoms with Crippen LogP contribution in [0.3, 0.4) is 0 Å². The summed E-state index contributed by atoms with van der Waals surface area (Å²) < 4.78 is 238. The average molecular weight is 1480 g/mol. The van der Waals surface area contributed by atoms with Crippen molar-refractivity contribution in [3.63, 3.8) is 0 Å². The Kier molecular flexibility index (Phi) is 31.8. The van der Waals surface area contributed by atoms with Crippen molar-refractivity contribution >= 4 is 60.2 Å². The Morgan fingerprint density at radius 2 is 0.713 bits per heavy atom. The first-order chi connectivity index (χ1) is 46.3. The van der Waals surface area contributed by atoms with Gasteiger partial charge in [0.05, 0.1) is 13.2 Å². The highest BCUT2D eigenvalue weighted by Crippen LogP contribution is 2.61. The van der Waals surface area contributed by atoms with Crippen LogP contribution < -0.4 is 21.3 Å². The maximum absolute atomic E-state index is 14.8. The highest BCUT2D eigenvalue weighted by molar-refractivity contribution is 5.83. The summed E-state index contributed by atoms with van der Waals surface area (Å²) in [5.74, 6) is -44.2. The van der Waals surface area contributed by atoms with E-state index in [1.54, 1.807) is 41.5 Å². The summed E-state index contributed by atoms with van der Waals surface area (Å²) in [4.78, 5) is 126. The fourth-order valence-corrected chi connectivity index (χ4v) is 11.3. The Morgan fingerprint density at radius 1 is 0.406 bits per heavy atom. The summed E-state index contributed by atoms with van der Waals surface area (Å²) in [6.07, 6.45) is -11.5. The number of amides is 4. The summed E-state index contributed by atoms with van der Waals surface area (Å²) in [7, 11) is 0. The molecule has 4 N–H and O–H groups in total. The lowest BCUT2D eigenvalue weighted by Gasteiger charge is -2.46. The molecular weight excluding hydrogens is 1400 g/mol. The standard InChI is InChI=1S/C63H83F13N4O21/c1-13-42(81)93-31-56(32-94-43(82)14-2,33-95-44(83)15-3)37-99-48(87)77-29-54(11)23-39(21-52(7,8)27-54)79-50(89)92-26-41(25-91-20-19-58(64,65)59(66,67)60(68,69)61(70,71)62(72,73)63(74,75)76)101-51(90)80-40-22-53(9,10)28-55(12,24-40)30-78-49(88)100-38-57(34-96-45(84)16-4,35-97-46(85)17-5)36-98-47(86)18-6/h13-18,39-41H,1-6,19-38H2,7-12H3,(H,77,87)(H,78,88)(H,79,89)(H,80,90). The number of carbonyl (C=O) groups excluding carboxylic acids is 10. The molecule has 0 aromatic carbocycles. The second-order valence-corrected chi connectivity index (χ2v) is 26.5. The van der Waals surface area contributed by atoms with Gasteiger partial charge < -0.3 is 73.4 Å². The van der Waals surface area contributed by atoms with Gasteiger partial charge >= 0.3 is 96.0 Å². The van der Waals surface area contributed by atoms with Crippen LogP contribution in [0.2, 0.25) is 0 Å². The Morgan fingerprint density at radius 3 is 1.03 bits per heavy atom. The third kappa shape index (κ3) is 26.7. The van der Waals surface area contributed by atoms with Crippen molar-refractivity contribution in [2.24, 2.45) is 32.5 Å². The molecule has 2 aliphatic carbocycles. The van der Waals surface area contributed by atoms with Crippen LogP contribution in [0, 0.1) is 32.5 Å². The molecule has 0 aromatic heterocycles. The quantitative estimate of drug-likeness (QED) is 0.0146. The molecule has 2 fully saturated rings. The lowest BCUT2D eigenvalue weighted by Crippen LogP contribution is -2.70. The minimum Gasteiger partial charge on any atom is -0.462 e. The molecule has 38 heteroatoms. The first kappa shape index (κ1) is 88.5. The van der Waals surface area contributed by atoms with Gasteiger partial charge in [0.25, 0.3) is 0 Å². The van der Waals surface area contributed by atoms with Crippen LogP contribution in [0.15, 0.2) is 75.9 Å². The van der Waals surface area contributed by atoms with E-state index >= 15 is 0 Å². The van der Waals surface area contributed by atoms with Gasteiger partial charge in [-0.25, -0.2) is 47.9 Å². The minimum absolute atomic E-state index is 0.00264. The first-order valence-electron chi connectivity index (χ1n) is 30.3. The van der Waals surface area contributed by atoms with Gasteiger partial charge in [-0.1, -0.05) is 81.0 Å². The first-order valence-corrected chi connectivity index (χ1v) is 30.3. The van der Waals surface area contributed by atoms with Crippen LogP contribution in [0.4, 0.5) is 76.3 Å². The number of esters is 6. The van der Waals surface area contributed by atoms with Gasteiger partial charge in [0.1, 0.15) is 70.3 Å². The van der Waals surface area contributed by atoms with E-state index in [-0.39, 0.29) is 38.8 Å². The third-order valence-corrected chi connectivity index (χ3v) is 15.5. The summed E-state index contributed by atoms with van der Waals surface area (Å²) in [5.41, 5.74) is -6.69. The maximum atomic E-state index is 14.8. The molecule has 572 valence electrons. The largest absolute Gasteiger partial charge is 0.462 e. The third-order valence-electron chi connectivity index (χ3n) is 15.5. The van der Waals surface area contributed by atoms with Crippen molar-refractivity contribution in [1.82, 2.24) is 21.3 Å². The van der Waals surface area contributed by atoms with Crippen LogP contribution in [0.1, 0.15) is 86.5 Å². The zero-order chi connectivity index (χ0) is 77.5. The lowest BCUT2D eigenvalue weighted by atomic mass is 9.62. The second-order valence-electron chi connectivity index (χ2n) is 26.5. The molecule has 2 rings (SSSR count). The summed E-state index contributed by atoms with van der Waals surface area (Å²) in [5, 5.41) is 10.2. The Bertz CT molecular complexity index is 2880.